The molecule has 1 N–H and O–H groups in total. The molecule has 1 aliphatic rings. The maximum atomic E-state index is 12.0. The third-order valence-electron chi connectivity index (χ3n) is 3.55. The van der Waals surface area contributed by atoms with E-state index in [1.807, 2.05) is 25.1 Å². The number of hydrogen-bond acceptors (Lipinski definition) is 2. The Morgan fingerprint density at radius 2 is 2.05 bits per heavy atom. The van der Waals surface area contributed by atoms with Crippen molar-refractivity contribution in [2.75, 3.05) is 13.1 Å². The lowest BCUT2D eigenvalue weighted by atomic mass is 9.99. The van der Waals surface area contributed by atoms with E-state index in [0.717, 1.165) is 5.56 Å². The molecule has 1 saturated heterocycles. The predicted molar refractivity (Wildman–Crippen MR) is 77.4 cm³/mol. The van der Waals surface area contributed by atoms with Crippen molar-refractivity contribution in [3.63, 3.8) is 0 Å². The molecule has 20 heavy (non-hydrogen) atoms. The number of nitrogens with zero attached hydrogens (tertiary/aromatic N) is 1. The van der Waals surface area contributed by atoms with Crippen LogP contribution in [-0.4, -0.2) is 35.0 Å². The van der Waals surface area contributed by atoms with Crippen LogP contribution in [0.4, 0.5) is 0 Å². The number of halogens is 1. The van der Waals surface area contributed by atoms with Crippen LogP contribution >= 0.6 is 11.6 Å². The molecule has 0 bridgehead atoms. The Bertz CT molecular complexity index is 556. The molecule has 2 rings (SSSR count). The summed E-state index contributed by atoms with van der Waals surface area (Å²) in [6, 6.07) is 7.23. The van der Waals surface area contributed by atoms with Gasteiger partial charge in [-0.2, -0.15) is 0 Å². The highest BCUT2D eigenvalue weighted by atomic mass is 35.5. The molecule has 0 aliphatic carbocycles. The van der Waals surface area contributed by atoms with E-state index in [2.05, 4.69) is 0 Å². The van der Waals surface area contributed by atoms with Gasteiger partial charge in [0.2, 0.25) is 5.91 Å². The molecule has 4 nitrogen and oxygen atoms in total. The lowest BCUT2D eigenvalue weighted by Crippen LogP contribution is -2.28. The first-order valence-electron chi connectivity index (χ1n) is 6.43. The van der Waals surface area contributed by atoms with Crippen molar-refractivity contribution in [2.24, 2.45) is 11.8 Å². The van der Waals surface area contributed by atoms with Crippen LogP contribution in [0, 0.1) is 11.8 Å². The van der Waals surface area contributed by atoms with Crippen molar-refractivity contribution in [1.82, 2.24) is 4.90 Å². The van der Waals surface area contributed by atoms with E-state index < -0.39 is 11.9 Å². The van der Waals surface area contributed by atoms with Gasteiger partial charge in [0.25, 0.3) is 0 Å². The minimum atomic E-state index is -0.845. The summed E-state index contributed by atoms with van der Waals surface area (Å²) in [6.45, 7) is 2.59. The number of aliphatic carboxylic acids is 1. The number of amides is 1. The maximum Gasteiger partial charge on any atom is 0.308 e. The van der Waals surface area contributed by atoms with Crippen LogP contribution in [0.25, 0.3) is 6.08 Å². The minimum absolute atomic E-state index is 0.0230. The van der Waals surface area contributed by atoms with Gasteiger partial charge in [0.1, 0.15) is 0 Å². The number of hydrogen-bond donors (Lipinski definition) is 1. The van der Waals surface area contributed by atoms with Crippen LogP contribution in [0.3, 0.4) is 0 Å². The second-order valence-corrected chi connectivity index (χ2v) is 5.43. The van der Waals surface area contributed by atoms with Crippen LogP contribution in [-0.2, 0) is 9.59 Å². The second-order valence-electron chi connectivity index (χ2n) is 5.02. The van der Waals surface area contributed by atoms with Crippen molar-refractivity contribution < 1.29 is 14.7 Å². The first-order chi connectivity index (χ1) is 9.49. The van der Waals surface area contributed by atoms with Crippen molar-refractivity contribution in [1.29, 1.82) is 0 Å². The Labute approximate surface area is 122 Å². The van der Waals surface area contributed by atoms with Gasteiger partial charge in [-0.05, 0) is 23.6 Å². The van der Waals surface area contributed by atoms with Crippen LogP contribution in [0.2, 0.25) is 5.02 Å². The van der Waals surface area contributed by atoms with Gasteiger partial charge in [-0.15, -0.1) is 0 Å². The van der Waals surface area contributed by atoms with E-state index >= 15 is 0 Å². The fourth-order valence-electron chi connectivity index (χ4n) is 2.34. The highest BCUT2D eigenvalue weighted by molar-refractivity contribution is 6.32. The number of carboxylic acid groups (broad SMARTS) is 1. The number of likely N-dealkylation sites (tertiary alicyclic amines) is 1. The maximum absolute atomic E-state index is 12.0. The number of carbonyl (C=O) groups excluding carboxylic acids is 1. The Kier molecular flexibility index (Phi) is 4.45. The summed E-state index contributed by atoms with van der Waals surface area (Å²) in [5.74, 6) is -1.53. The fourth-order valence-corrected chi connectivity index (χ4v) is 2.54. The normalized spacial score (nSPS) is 22.4. The first kappa shape index (κ1) is 14.6. The highest BCUT2D eigenvalue weighted by Gasteiger charge is 2.36. The number of benzene rings is 1. The molecule has 0 spiro atoms. The Morgan fingerprint density at radius 1 is 1.35 bits per heavy atom. The van der Waals surface area contributed by atoms with Crippen LogP contribution < -0.4 is 0 Å². The average molecular weight is 294 g/mol. The second kappa shape index (κ2) is 6.09. The zero-order valence-electron chi connectivity index (χ0n) is 11.1. The zero-order chi connectivity index (χ0) is 14.7. The van der Waals surface area contributed by atoms with Crippen molar-refractivity contribution in [3.05, 3.63) is 40.9 Å². The molecular weight excluding hydrogens is 278 g/mol. The zero-order valence-corrected chi connectivity index (χ0v) is 11.9. The topological polar surface area (TPSA) is 57.6 Å². The summed E-state index contributed by atoms with van der Waals surface area (Å²) in [6.07, 6.45) is 3.10. The molecule has 1 fully saturated rings. The molecule has 1 aromatic rings. The monoisotopic (exact) mass is 293 g/mol. The largest absolute Gasteiger partial charge is 0.481 e. The third-order valence-corrected chi connectivity index (χ3v) is 3.90. The molecular formula is C15H16ClNO3. The van der Waals surface area contributed by atoms with Crippen molar-refractivity contribution >= 4 is 29.6 Å². The summed E-state index contributed by atoms with van der Waals surface area (Å²) in [7, 11) is 0. The van der Waals surface area contributed by atoms with Crippen LogP contribution in [0.1, 0.15) is 12.5 Å². The SMILES string of the molecule is CC1CN(C(=O)C=Cc2ccccc2Cl)CC1C(=O)O. The third kappa shape index (κ3) is 3.20. The first-order valence-corrected chi connectivity index (χ1v) is 6.81. The molecule has 1 heterocycles. The molecule has 0 aromatic heterocycles. The van der Waals surface area contributed by atoms with Gasteiger partial charge < -0.3 is 10.0 Å². The summed E-state index contributed by atoms with van der Waals surface area (Å²) in [5.41, 5.74) is 0.768. The van der Waals surface area contributed by atoms with E-state index in [1.165, 1.54) is 6.08 Å². The molecule has 1 amide bonds. The van der Waals surface area contributed by atoms with Crippen molar-refractivity contribution in [2.45, 2.75) is 6.92 Å². The quantitative estimate of drug-likeness (QED) is 0.871. The summed E-state index contributed by atoms with van der Waals surface area (Å²) < 4.78 is 0. The standard InChI is InChI=1S/C15H16ClNO3/c1-10-8-17(9-12(10)15(19)20)14(18)7-6-11-4-2-3-5-13(11)16/h2-7,10,12H,8-9H2,1H3,(H,19,20). The molecule has 2 unspecified atom stereocenters. The molecule has 5 heteroatoms. The van der Waals surface area contributed by atoms with Gasteiger partial charge in [0, 0.05) is 24.2 Å². The summed E-state index contributed by atoms with van der Waals surface area (Å²) in [5, 5.41) is 9.63. The van der Waals surface area contributed by atoms with Crippen molar-refractivity contribution in [3.8, 4) is 0 Å². The van der Waals surface area contributed by atoms with E-state index in [0.29, 0.717) is 11.6 Å². The molecule has 2 atom stereocenters. The van der Waals surface area contributed by atoms with Gasteiger partial charge in [-0.1, -0.05) is 36.7 Å². The fraction of sp³-hybridized carbons (Fsp3) is 0.333. The van der Waals surface area contributed by atoms with Gasteiger partial charge in [0.15, 0.2) is 0 Å². The average Bonchev–Trinajstić information content (AvgIpc) is 2.80. The van der Waals surface area contributed by atoms with E-state index in [4.69, 9.17) is 16.7 Å². The number of rotatable bonds is 3. The number of carbonyl (C=O) groups is 2. The molecule has 1 aliphatic heterocycles. The molecule has 1 aromatic carbocycles. The number of carboxylic acids is 1. The molecule has 106 valence electrons. The van der Waals surface area contributed by atoms with Crippen LogP contribution in [0.5, 0.6) is 0 Å². The molecule has 0 radical (unpaired) electrons. The lowest BCUT2D eigenvalue weighted by molar-refractivity contribution is -0.142. The molecule has 0 saturated carbocycles. The summed E-state index contributed by atoms with van der Waals surface area (Å²) >= 11 is 6.00. The summed E-state index contributed by atoms with van der Waals surface area (Å²) in [4.78, 5) is 24.6. The van der Waals surface area contributed by atoms with Gasteiger partial charge in [-0.3, -0.25) is 9.59 Å². The Hall–Kier alpha value is -1.81. The minimum Gasteiger partial charge on any atom is -0.481 e. The Morgan fingerprint density at radius 3 is 2.65 bits per heavy atom. The van der Waals surface area contributed by atoms with E-state index in [1.54, 1.807) is 17.0 Å². The van der Waals surface area contributed by atoms with Crippen LogP contribution in [0.15, 0.2) is 30.3 Å². The van der Waals surface area contributed by atoms with Gasteiger partial charge >= 0.3 is 5.97 Å². The predicted octanol–water partition coefficient (Wildman–Crippen LogP) is 2.53. The van der Waals surface area contributed by atoms with E-state index in [9.17, 15) is 9.59 Å². The highest BCUT2D eigenvalue weighted by Crippen LogP contribution is 2.23. The Balaban J connectivity index is 2.03. The van der Waals surface area contributed by atoms with Gasteiger partial charge in [0.05, 0.1) is 5.92 Å². The van der Waals surface area contributed by atoms with Gasteiger partial charge in [-0.25, -0.2) is 0 Å². The lowest BCUT2D eigenvalue weighted by Gasteiger charge is -2.12. The van der Waals surface area contributed by atoms with E-state index in [-0.39, 0.29) is 18.4 Å². The smallest absolute Gasteiger partial charge is 0.308 e.